The maximum atomic E-state index is 10.4. The Morgan fingerprint density at radius 1 is 1.10 bits per heavy atom. The van der Waals surface area contributed by atoms with Gasteiger partial charge in [-0.05, 0) is 30.5 Å². The molecule has 1 aliphatic heterocycles. The van der Waals surface area contributed by atoms with Crippen molar-refractivity contribution >= 4 is 11.6 Å². The number of benzene rings is 2. The molecule has 0 bridgehead atoms. The van der Waals surface area contributed by atoms with Crippen molar-refractivity contribution in [2.45, 2.75) is 18.4 Å². The standard InChI is InChI=1S/C18H20ClNO/c19-17-9-5-4-8-16(17)18(21)13-20-11-10-15(12-20)14-6-2-1-3-7-14/h1-9,15,18,21H,10-13H2/t15-,18+/m1/s1. The first-order valence-electron chi connectivity index (χ1n) is 7.44. The van der Waals surface area contributed by atoms with E-state index in [-0.39, 0.29) is 0 Å². The molecule has 0 unspecified atom stereocenters. The van der Waals surface area contributed by atoms with Crippen LogP contribution in [0.4, 0.5) is 0 Å². The molecule has 0 amide bonds. The van der Waals surface area contributed by atoms with Crippen molar-refractivity contribution in [3.8, 4) is 0 Å². The third-order valence-electron chi connectivity index (χ3n) is 4.24. The molecule has 2 aromatic rings. The lowest BCUT2D eigenvalue weighted by Gasteiger charge is -2.21. The summed E-state index contributed by atoms with van der Waals surface area (Å²) in [5.74, 6) is 0.574. The molecule has 1 fully saturated rings. The Bertz CT molecular complexity index is 587. The van der Waals surface area contributed by atoms with Crippen molar-refractivity contribution in [3.05, 3.63) is 70.7 Å². The van der Waals surface area contributed by atoms with Crippen LogP contribution in [0.25, 0.3) is 0 Å². The first-order valence-corrected chi connectivity index (χ1v) is 7.81. The lowest BCUT2D eigenvalue weighted by atomic mass is 9.99. The van der Waals surface area contributed by atoms with Crippen molar-refractivity contribution in [1.29, 1.82) is 0 Å². The molecule has 2 atom stereocenters. The highest BCUT2D eigenvalue weighted by Crippen LogP contribution is 2.29. The summed E-state index contributed by atoms with van der Waals surface area (Å²) in [6.07, 6.45) is 0.632. The van der Waals surface area contributed by atoms with Crippen LogP contribution in [0.5, 0.6) is 0 Å². The zero-order valence-corrected chi connectivity index (χ0v) is 12.7. The fourth-order valence-electron chi connectivity index (χ4n) is 3.08. The lowest BCUT2D eigenvalue weighted by Crippen LogP contribution is -2.26. The van der Waals surface area contributed by atoms with Crippen LogP contribution in [0.2, 0.25) is 5.02 Å². The summed E-state index contributed by atoms with van der Waals surface area (Å²) < 4.78 is 0. The minimum Gasteiger partial charge on any atom is -0.387 e. The maximum Gasteiger partial charge on any atom is 0.0931 e. The van der Waals surface area contributed by atoms with Gasteiger partial charge in [-0.1, -0.05) is 60.1 Å². The number of aliphatic hydroxyl groups is 1. The number of aliphatic hydroxyl groups excluding tert-OH is 1. The fourth-order valence-corrected chi connectivity index (χ4v) is 3.35. The van der Waals surface area contributed by atoms with Gasteiger partial charge in [0.2, 0.25) is 0 Å². The molecule has 0 radical (unpaired) electrons. The quantitative estimate of drug-likeness (QED) is 0.927. The Morgan fingerprint density at radius 3 is 2.57 bits per heavy atom. The molecule has 21 heavy (non-hydrogen) atoms. The lowest BCUT2D eigenvalue weighted by molar-refractivity contribution is 0.125. The van der Waals surface area contributed by atoms with Gasteiger partial charge in [0, 0.05) is 23.7 Å². The van der Waals surface area contributed by atoms with Gasteiger partial charge in [-0.25, -0.2) is 0 Å². The summed E-state index contributed by atoms with van der Waals surface area (Å²) in [5.41, 5.74) is 2.22. The van der Waals surface area contributed by atoms with Crippen molar-refractivity contribution < 1.29 is 5.11 Å². The van der Waals surface area contributed by atoms with Gasteiger partial charge in [-0.2, -0.15) is 0 Å². The van der Waals surface area contributed by atoms with E-state index in [1.54, 1.807) is 0 Å². The first-order chi connectivity index (χ1) is 10.2. The Kier molecular flexibility index (Phi) is 4.59. The van der Waals surface area contributed by atoms with E-state index in [1.165, 1.54) is 5.56 Å². The van der Waals surface area contributed by atoms with Crippen LogP contribution in [0, 0.1) is 0 Å². The van der Waals surface area contributed by atoms with Gasteiger partial charge in [0.05, 0.1) is 6.10 Å². The minimum atomic E-state index is -0.520. The number of hydrogen-bond acceptors (Lipinski definition) is 2. The van der Waals surface area contributed by atoms with Crippen LogP contribution >= 0.6 is 11.6 Å². The SMILES string of the molecule is O[C@@H](CN1CC[C@@H](c2ccccc2)C1)c1ccccc1Cl. The van der Waals surface area contributed by atoms with E-state index in [0.29, 0.717) is 17.5 Å². The molecule has 1 heterocycles. The summed E-state index contributed by atoms with van der Waals surface area (Å²) in [7, 11) is 0. The number of likely N-dealkylation sites (tertiary alicyclic amines) is 1. The molecule has 1 N–H and O–H groups in total. The zero-order chi connectivity index (χ0) is 14.7. The van der Waals surface area contributed by atoms with Crippen molar-refractivity contribution in [3.63, 3.8) is 0 Å². The summed E-state index contributed by atoms with van der Waals surface area (Å²) in [6.45, 7) is 2.68. The molecule has 2 nitrogen and oxygen atoms in total. The largest absolute Gasteiger partial charge is 0.387 e. The molecule has 3 rings (SSSR count). The molecule has 1 saturated heterocycles. The number of hydrogen-bond donors (Lipinski definition) is 1. The topological polar surface area (TPSA) is 23.5 Å². The Morgan fingerprint density at radius 2 is 1.81 bits per heavy atom. The second-order valence-electron chi connectivity index (χ2n) is 5.69. The predicted octanol–water partition coefficient (Wildman–Crippen LogP) is 3.86. The molecular weight excluding hydrogens is 282 g/mol. The number of β-amino-alcohol motifs (C(OH)–C–C–N with tert-alkyl or cyclic N) is 1. The third kappa shape index (κ3) is 3.46. The van der Waals surface area contributed by atoms with Crippen LogP contribution in [0.1, 0.15) is 29.6 Å². The molecule has 0 aromatic heterocycles. The molecule has 0 saturated carbocycles. The summed E-state index contributed by atoms with van der Waals surface area (Å²) >= 11 is 6.15. The van der Waals surface area contributed by atoms with E-state index in [0.717, 1.165) is 25.1 Å². The van der Waals surface area contributed by atoms with Crippen LogP contribution < -0.4 is 0 Å². The average molecular weight is 302 g/mol. The molecule has 110 valence electrons. The van der Waals surface area contributed by atoms with Gasteiger partial charge in [-0.15, -0.1) is 0 Å². The summed E-state index contributed by atoms with van der Waals surface area (Å²) in [5, 5.41) is 11.0. The van der Waals surface area contributed by atoms with Gasteiger partial charge in [0.1, 0.15) is 0 Å². The van der Waals surface area contributed by atoms with Gasteiger partial charge in [0.25, 0.3) is 0 Å². The Labute approximate surface area is 131 Å². The van der Waals surface area contributed by atoms with Crippen LogP contribution in [-0.2, 0) is 0 Å². The van der Waals surface area contributed by atoms with Crippen molar-refractivity contribution in [1.82, 2.24) is 4.90 Å². The second-order valence-corrected chi connectivity index (χ2v) is 6.10. The third-order valence-corrected chi connectivity index (χ3v) is 4.58. The van der Waals surface area contributed by atoms with E-state index in [9.17, 15) is 5.11 Å². The second kappa shape index (κ2) is 6.61. The maximum absolute atomic E-state index is 10.4. The molecule has 3 heteroatoms. The minimum absolute atomic E-state index is 0.520. The van der Waals surface area contributed by atoms with Crippen molar-refractivity contribution in [2.24, 2.45) is 0 Å². The smallest absolute Gasteiger partial charge is 0.0931 e. The van der Waals surface area contributed by atoms with Crippen LogP contribution in [0.3, 0.4) is 0 Å². The van der Waals surface area contributed by atoms with E-state index in [2.05, 4.69) is 35.2 Å². The zero-order valence-electron chi connectivity index (χ0n) is 12.0. The molecule has 0 spiro atoms. The van der Waals surface area contributed by atoms with E-state index in [1.807, 2.05) is 24.3 Å². The monoisotopic (exact) mass is 301 g/mol. The number of rotatable bonds is 4. The number of halogens is 1. The summed E-state index contributed by atoms with van der Waals surface area (Å²) in [4.78, 5) is 2.33. The highest BCUT2D eigenvalue weighted by Gasteiger charge is 2.25. The van der Waals surface area contributed by atoms with Crippen molar-refractivity contribution in [2.75, 3.05) is 19.6 Å². The highest BCUT2D eigenvalue weighted by molar-refractivity contribution is 6.31. The average Bonchev–Trinajstić information content (AvgIpc) is 2.97. The van der Waals surface area contributed by atoms with Gasteiger partial charge in [-0.3, -0.25) is 4.90 Å². The van der Waals surface area contributed by atoms with E-state index >= 15 is 0 Å². The first kappa shape index (κ1) is 14.6. The Hall–Kier alpha value is -1.35. The van der Waals surface area contributed by atoms with Gasteiger partial charge < -0.3 is 5.11 Å². The number of nitrogens with zero attached hydrogens (tertiary/aromatic N) is 1. The summed E-state index contributed by atoms with van der Waals surface area (Å²) in [6, 6.07) is 18.2. The van der Waals surface area contributed by atoms with Gasteiger partial charge >= 0.3 is 0 Å². The fraction of sp³-hybridized carbons (Fsp3) is 0.333. The molecular formula is C18H20ClNO. The van der Waals surface area contributed by atoms with E-state index in [4.69, 9.17) is 11.6 Å². The molecule has 0 aliphatic carbocycles. The molecule has 1 aliphatic rings. The van der Waals surface area contributed by atoms with Gasteiger partial charge in [0.15, 0.2) is 0 Å². The van der Waals surface area contributed by atoms with Crippen LogP contribution in [0.15, 0.2) is 54.6 Å². The normalized spacial score (nSPS) is 20.6. The van der Waals surface area contributed by atoms with Crippen LogP contribution in [-0.4, -0.2) is 29.6 Å². The Balaban J connectivity index is 1.61. The predicted molar refractivity (Wildman–Crippen MR) is 86.7 cm³/mol. The highest BCUT2D eigenvalue weighted by atomic mass is 35.5. The van der Waals surface area contributed by atoms with E-state index < -0.39 is 6.10 Å². The molecule has 2 aromatic carbocycles.